The average Bonchev–Trinajstić information content (AvgIpc) is 2.84. The van der Waals surface area contributed by atoms with Crippen LogP contribution in [-0.2, 0) is 6.18 Å². The van der Waals surface area contributed by atoms with Gasteiger partial charge < -0.3 is 10.6 Å². The second kappa shape index (κ2) is 9.62. The minimum atomic E-state index is -4.51. The molecule has 0 aliphatic carbocycles. The van der Waals surface area contributed by atoms with Crippen LogP contribution in [0.1, 0.15) is 26.3 Å². The van der Waals surface area contributed by atoms with Crippen molar-refractivity contribution < 1.29 is 22.8 Å². The molecule has 0 bridgehead atoms. The molecule has 4 rings (SSSR count). The van der Waals surface area contributed by atoms with E-state index < -0.39 is 17.6 Å². The number of hydrogen-bond acceptors (Lipinski definition) is 2. The van der Waals surface area contributed by atoms with Gasteiger partial charge in [0.05, 0.1) is 5.56 Å². The van der Waals surface area contributed by atoms with Gasteiger partial charge in [-0.3, -0.25) is 9.59 Å². The van der Waals surface area contributed by atoms with E-state index in [2.05, 4.69) is 10.6 Å². The normalized spacial score (nSPS) is 11.0. The number of amides is 2. The Morgan fingerprint density at radius 1 is 0.559 bits per heavy atom. The Bertz CT molecular complexity index is 1320. The first-order valence-electron chi connectivity index (χ1n) is 10.3. The highest BCUT2D eigenvalue weighted by Crippen LogP contribution is 2.30. The van der Waals surface area contributed by atoms with Gasteiger partial charge in [-0.25, -0.2) is 0 Å². The number of alkyl halides is 3. The van der Waals surface area contributed by atoms with Gasteiger partial charge in [-0.2, -0.15) is 13.2 Å². The number of carbonyl (C=O) groups excluding carboxylic acids is 2. The lowest BCUT2D eigenvalue weighted by Gasteiger charge is -2.11. The molecule has 0 saturated carbocycles. The minimum absolute atomic E-state index is 0.0211. The molecule has 4 aromatic carbocycles. The number of rotatable bonds is 5. The van der Waals surface area contributed by atoms with Crippen molar-refractivity contribution in [1.82, 2.24) is 0 Å². The molecule has 0 fully saturated rings. The molecular formula is C27H19F3N2O2. The van der Waals surface area contributed by atoms with Crippen molar-refractivity contribution in [3.63, 3.8) is 0 Å². The van der Waals surface area contributed by atoms with E-state index in [-0.39, 0.29) is 17.2 Å². The van der Waals surface area contributed by atoms with Crippen LogP contribution in [0.25, 0.3) is 11.1 Å². The summed E-state index contributed by atoms with van der Waals surface area (Å²) in [5, 5.41) is 5.19. The molecule has 0 atom stereocenters. The number of benzene rings is 4. The molecule has 4 nitrogen and oxygen atoms in total. The maximum absolute atomic E-state index is 12.9. The Morgan fingerprint density at radius 3 is 1.76 bits per heavy atom. The smallest absolute Gasteiger partial charge is 0.322 e. The Balaban J connectivity index is 1.44. The first kappa shape index (κ1) is 22.8. The van der Waals surface area contributed by atoms with E-state index in [1.54, 1.807) is 24.3 Å². The van der Waals surface area contributed by atoms with Gasteiger partial charge in [0.2, 0.25) is 0 Å². The standard InChI is InChI=1S/C27H19F3N2O2/c28-27(29,30)22-9-5-11-24(17-22)32-26(34)21-8-4-10-23(16-21)31-25(33)20-14-12-19(13-15-20)18-6-2-1-3-7-18/h1-17H,(H,31,33)(H,32,34). The van der Waals surface area contributed by atoms with E-state index in [9.17, 15) is 22.8 Å². The van der Waals surface area contributed by atoms with Crippen molar-refractivity contribution in [2.24, 2.45) is 0 Å². The van der Waals surface area contributed by atoms with Crippen LogP contribution >= 0.6 is 0 Å². The summed E-state index contributed by atoms with van der Waals surface area (Å²) in [5.41, 5.74) is 2.19. The van der Waals surface area contributed by atoms with E-state index in [1.807, 2.05) is 42.5 Å². The Labute approximate surface area is 194 Å². The van der Waals surface area contributed by atoms with Gasteiger partial charge in [0, 0.05) is 22.5 Å². The Morgan fingerprint density at radius 2 is 1.12 bits per heavy atom. The largest absolute Gasteiger partial charge is 0.416 e. The number of nitrogens with one attached hydrogen (secondary N) is 2. The van der Waals surface area contributed by atoms with E-state index >= 15 is 0 Å². The summed E-state index contributed by atoms with van der Waals surface area (Å²) in [5.74, 6) is -0.947. The van der Waals surface area contributed by atoms with E-state index in [0.29, 0.717) is 11.3 Å². The van der Waals surface area contributed by atoms with Crippen LogP contribution in [0.5, 0.6) is 0 Å². The number of carbonyl (C=O) groups is 2. The van der Waals surface area contributed by atoms with E-state index in [4.69, 9.17) is 0 Å². The number of anilines is 2. The van der Waals surface area contributed by atoms with Crippen molar-refractivity contribution in [2.45, 2.75) is 6.18 Å². The maximum atomic E-state index is 12.9. The maximum Gasteiger partial charge on any atom is 0.416 e. The highest BCUT2D eigenvalue weighted by Gasteiger charge is 2.30. The minimum Gasteiger partial charge on any atom is -0.322 e. The first-order valence-corrected chi connectivity index (χ1v) is 10.3. The third-order valence-corrected chi connectivity index (χ3v) is 5.08. The lowest BCUT2D eigenvalue weighted by molar-refractivity contribution is -0.137. The van der Waals surface area contributed by atoms with Crippen LogP contribution in [0.4, 0.5) is 24.5 Å². The van der Waals surface area contributed by atoms with Crippen LogP contribution in [-0.4, -0.2) is 11.8 Å². The molecule has 0 saturated heterocycles. The van der Waals surface area contributed by atoms with Crippen molar-refractivity contribution in [3.8, 4) is 11.1 Å². The van der Waals surface area contributed by atoms with Crippen LogP contribution in [0, 0.1) is 0 Å². The summed E-state index contributed by atoms with van der Waals surface area (Å²) in [7, 11) is 0. The number of hydrogen-bond donors (Lipinski definition) is 2. The summed E-state index contributed by atoms with van der Waals surface area (Å²) in [6, 6.07) is 27.4. The second-order valence-electron chi connectivity index (χ2n) is 7.51. The fourth-order valence-corrected chi connectivity index (χ4v) is 3.36. The SMILES string of the molecule is O=C(Nc1cccc(C(=O)Nc2cccc(C(F)(F)F)c2)c1)c1ccc(-c2ccccc2)cc1. The molecule has 2 amide bonds. The van der Waals surface area contributed by atoms with Crippen LogP contribution in [0.3, 0.4) is 0 Å². The van der Waals surface area contributed by atoms with Gasteiger partial charge in [0.1, 0.15) is 0 Å². The molecule has 34 heavy (non-hydrogen) atoms. The lowest BCUT2D eigenvalue weighted by atomic mass is 10.0. The fourth-order valence-electron chi connectivity index (χ4n) is 3.36. The predicted molar refractivity (Wildman–Crippen MR) is 126 cm³/mol. The number of halogens is 3. The molecule has 0 spiro atoms. The van der Waals surface area contributed by atoms with E-state index in [0.717, 1.165) is 23.3 Å². The molecule has 0 radical (unpaired) electrons. The van der Waals surface area contributed by atoms with Gasteiger partial charge in [0.15, 0.2) is 0 Å². The zero-order valence-corrected chi connectivity index (χ0v) is 17.8. The monoisotopic (exact) mass is 460 g/mol. The molecular weight excluding hydrogens is 441 g/mol. The zero-order chi connectivity index (χ0) is 24.1. The van der Waals surface area contributed by atoms with Crippen molar-refractivity contribution in [3.05, 3.63) is 120 Å². The zero-order valence-electron chi connectivity index (χ0n) is 17.8. The van der Waals surface area contributed by atoms with Gasteiger partial charge >= 0.3 is 6.18 Å². The van der Waals surface area contributed by atoms with Crippen LogP contribution in [0.15, 0.2) is 103 Å². The Hall–Kier alpha value is -4.39. The average molecular weight is 460 g/mol. The summed E-state index contributed by atoms with van der Waals surface area (Å²) < 4.78 is 38.7. The third kappa shape index (κ3) is 5.50. The quantitative estimate of drug-likeness (QED) is 0.341. The molecule has 0 aliphatic heterocycles. The summed E-state index contributed by atoms with van der Waals surface area (Å²) >= 11 is 0. The third-order valence-electron chi connectivity index (χ3n) is 5.08. The topological polar surface area (TPSA) is 58.2 Å². The molecule has 170 valence electrons. The molecule has 0 heterocycles. The van der Waals surface area contributed by atoms with Gasteiger partial charge in [-0.15, -0.1) is 0 Å². The molecule has 0 aromatic heterocycles. The van der Waals surface area contributed by atoms with Gasteiger partial charge in [-0.1, -0.05) is 54.6 Å². The lowest BCUT2D eigenvalue weighted by Crippen LogP contribution is -2.15. The second-order valence-corrected chi connectivity index (χ2v) is 7.51. The van der Waals surface area contributed by atoms with E-state index in [1.165, 1.54) is 24.3 Å². The molecule has 0 unspecified atom stereocenters. The van der Waals surface area contributed by atoms with Crippen molar-refractivity contribution in [2.75, 3.05) is 10.6 Å². The molecule has 4 aromatic rings. The highest BCUT2D eigenvalue weighted by atomic mass is 19.4. The Kier molecular flexibility index (Phi) is 6.45. The van der Waals surface area contributed by atoms with Crippen LogP contribution < -0.4 is 10.6 Å². The summed E-state index contributed by atoms with van der Waals surface area (Å²) in [6.07, 6.45) is -4.51. The van der Waals surface area contributed by atoms with Crippen molar-refractivity contribution in [1.29, 1.82) is 0 Å². The highest BCUT2D eigenvalue weighted by molar-refractivity contribution is 6.07. The summed E-state index contributed by atoms with van der Waals surface area (Å²) in [6.45, 7) is 0. The molecule has 0 aliphatic rings. The summed E-state index contributed by atoms with van der Waals surface area (Å²) in [4.78, 5) is 25.2. The van der Waals surface area contributed by atoms with Crippen LogP contribution in [0.2, 0.25) is 0 Å². The van der Waals surface area contributed by atoms with Gasteiger partial charge in [-0.05, 0) is 59.7 Å². The van der Waals surface area contributed by atoms with Gasteiger partial charge in [0.25, 0.3) is 11.8 Å². The fraction of sp³-hybridized carbons (Fsp3) is 0.0370. The van der Waals surface area contributed by atoms with Crippen molar-refractivity contribution >= 4 is 23.2 Å². The molecule has 7 heteroatoms. The first-order chi connectivity index (χ1) is 16.3. The predicted octanol–water partition coefficient (Wildman–Crippen LogP) is 6.88. The molecule has 2 N–H and O–H groups in total.